The van der Waals surface area contributed by atoms with Crippen LogP contribution < -0.4 is 3.02 Å². The molecule has 0 saturated heterocycles. The monoisotopic (exact) mass is 304 g/mol. The summed E-state index contributed by atoms with van der Waals surface area (Å²) in [6.45, 7) is 4.12. The average molecular weight is 305 g/mol. The van der Waals surface area contributed by atoms with Gasteiger partial charge in [0.05, 0.1) is 0 Å². The molecule has 0 aliphatic carbocycles. The summed E-state index contributed by atoms with van der Waals surface area (Å²) in [7, 11) is 0. The van der Waals surface area contributed by atoms with Crippen LogP contribution in [0.1, 0.15) is 25.0 Å². The Bertz CT molecular complexity index is 299. The Morgan fingerprint density at radius 1 is 1.21 bits per heavy atom. The molecule has 0 unspecified atom stereocenters. The van der Waals surface area contributed by atoms with E-state index >= 15 is 0 Å². The first kappa shape index (κ1) is 11.8. The van der Waals surface area contributed by atoms with Gasteiger partial charge in [0.25, 0.3) is 0 Å². The molecule has 1 aromatic carbocycles. The van der Waals surface area contributed by atoms with Gasteiger partial charge in [0.15, 0.2) is 0 Å². The Balaban J connectivity index is 3.02. The molecule has 2 N–H and O–H groups in total. The molecule has 0 radical (unpaired) electrons. The third kappa shape index (κ3) is 2.87. The third-order valence-electron chi connectivity index (χ3n) is 2.14. The molecule has 0 aromatic heterocycles. The summed E-state index contributed by atoms with van der Waals surface area (Å²) in [6, 6.07) is 5.72. The molecule has 0 bridgehead atoms. The average Bonchev–Trinajstić information content (AvgIpc) is 2.16. The van der Waals surface area contributed by atoms with Gasteiger partial charge in [-0.05, 0) is 0 Å². The number of benzene rings is 1. The van der Waals surface area contributed by atoms with Crippen LogP contribution in [-0.4, -0.2) is 28.2 Å². The molecule has 0 heterocycles. The maximum absolute atomic E-state index is 8.91. The summed E-state index contributed by atoms with van der Waals surface area (Å²) >= 11 is -3.36. The second kappa shape index (κ2) is 5.59. The van der Waals surface area contributed by atoms with Crippen molar-refractivity contribution in [2.45, 2.75) is 26.7 Å². The van der Waals surface area contributed by atoms with E-state index in [0.717, 1.165) is 18.4 Å². The van der Waals surface area contributed by atoms with E-state index in [1.807, 2.05) is 19.1 Å². The molecule has 78 valence electrons. The molecular weight excluding hydrogens is 290 g/mol. The van der Waals surface area contributed by atoms with Crippen LogP contribution in [0.3, 0.4) is 0 Å². The fourth-order valence-electron chi connectivity index (χ4n) is 1.52. The van der Waals surface area contributed by atoms with Crippen molar-refractivity contribution in [3.8, 4) is 5.75 Å². The molecule has 3 nitrogen and oxygen atoms in total. The van der Waals surface area contributed by atoms with Crippen LogP contribution in [0.5, 0.6) is 5.75 Å². The van der Waals surface area contributed by atoms with E-state index in [1.165, 1.54) is 5.56 Å². The van der Waals surface area contributed by atoms with Crippen molar-refractivity contribution in [1.29, 1.82) is 0 Å². The zero-order chi connectivity index (χ0) is 10.6. The molecule has 0 atom stereocenters. The van der Waals surface area contributed by atoms with Gasteiger partial charge < -0.3 is 0 Å². The number of hydrogen-bond acceptors (Lipinski definition) is 3. The van der Waals surface area contributed by atoms with Gasteiger partial charge in [0.2, 0.25) is 0 Å². The second-order valence-corrected chi connectivity index (χ2v) is 4.91. The van der Waals surface area contributed by atoms with Crippen LogP contribution in [-0.2, 0) is 12.8 Å². The minimum atomic E-state index is -3.36. The minimum absolute atomic E-state index is 0.639. The van der Waals surface area contributed by atoms with Gasteiger partial charge >= 0.3 is 93.0 Å². The first-order valence-corrected chi connectivity index (χ1v) is 7.98. The van der Waals surface area contributed by atoms with Crippen molar-refractivity contribution >= 4 is 21.5 Å². The van der Waals surface area contributed by atoms with Gasteiger partial charge in [0, 0.05) is 0 Å². The first-order chi connectivity index (χ1) is 6.69. The summed E-state index contributed by atoms with van der Waals surface area (Å²) in [4.78, 5) is 0. The summed E-state index contributed by atoms with van der Waals surface area (Å²) in [5.41, 5.74) is 2.31. The van der Waals surface area contributed by atoms with E-state index < -0.39 is 21.5 Å². The van der Waals surface area contributed by atoms with Crippen LogP contribution >= 0.6 is 0 Å². The predicted molar refractivity (Wildman–Crippen MR) is 56.0 cm³/mol. The fraction of sp³-hybridized carbons (Fsp3) is 0.400. The van der Waals surface area contributed by atoms with E-state index in [1.54, 1.807) is 6.07 Å². The second-order valence-electron chi connectivity index (χ2n) is 2.94. The van der Waals surface area contributed by atoms with Crippen LogP contribution in [0.2, 0.25) is 0 Å². The van der Waals surface area contributed by atoms with Crippen LogP contribution in [0.15, 0.2) is 18.2 Å². The van der Waals surface area contributed by atoms with Crippen molar-refractivity contribution in [1.82, 2.24) is 0 Å². The van der Waals surface area contributed by atoms with Crippen LogP contribution in [0, 0.1) is 0 Å². The normalized spacial score (nSPS) is 10.6. The summed E-state index contributed by atoms with van der Waals surface area (Å²) in [5.74, 6) is 0.639. The number of rotatable bonds is 4. The van der Waals surface area contributed by atoms with Crippen molar-refractivity contribution in [2.75, 3.05) is 0 Å². The van der Waals surface area contributed by atoms with Gasteiger partial charge in [0.1, 0.15) is 0 Å². The predicted octanol–water partition coefficient (Wildman–Crippen LogP) is 1.16. The van der Waals surface area contributed by atoms with Gasteiger partial charge in [-0.25, -0.2) is 0 Å². The Labute approximate surface area is 93.0 Å². The van der Waals surface area contributed by atoms with Crippen LogP contribution in [0.4, 0.5) is 0 Å². The molecular formula is C10H15O3Sb. The Morgan fingerprint density at radius 2 is 1.93 bits per heavy atom. The van der Waals surface area contributed by atoms with Crippen molar-refractivity contribution < 1.29 is 9.79 Å². The molecule has 0 aliphatic rings. The molecule has 1 rings (SSSR count). The van der Waals surface area contributed by atoms with E-state index in [2.05, 4.69) is 6.92 Å². The van der Waals surface area contributed by atoms with E-state index in [0.29, 0.717) is 5.75 Å². The SMILES string of the molecule is CCc1cccc([O][Sb]([OH])[OH])c1CC. The van der Waals surface area contributed by atoms with Crippen molar-refractivity contribution in [3.05, 3.63) is 29.3 Å². The molecule has 0 aliphatic heterocycles. The van der Waals surface area contributed by atoms with E-state index in [9.17, 15) is 0 Å². The molecule has 4 heteroatoms. The Hall–Kier alpha value is -0.242. The fourth-order valence-corrected chi connectivity index (χ4v) is 2.51. The van der Waals surface area contributed by atoms with Gasteiger partial charge in [-0.3, -0.25) is 0 Å². The van der Waals surface area contributed by atoms with Crippen molar-refractivity contribution in [3.63, 3.8) is 0 Å². The summed E-state index contributed by atoms with van der Waals surface area (Å²) in [6.07, 6.45) is 1.79. The summed E-state index contributed by atoms with van der Waals surface area (Å²) < 4.78 is 22.9. The molecule has 0 amide bonds. The third-order valence-corrected chi connectivity index (χ3v) is 3.17. The molecule has 1 aromatic rings. The van der Waals surface area contributed by atoms with Gasteiger partial charge in [-0.1, -0.05) is 0 Å². The van der Waals surface area contributed by atoms with Crippen molar-refractivity contribution in [2.24, 2.45) is 0 Å². The zero-order valence-electron chi connectivity index (χ0n) is 8.40. The van der Waals surface area contributed by atoms with Gasteiger partial charge in [-0.2, -0.15) is 0 Å². The topological polar surface area (TPSA) is 49.7 Å². The standard InChI is InChI=1S/C10H14O.2H2O.Sb/c1-3-8-6-5-7-10(11)9(8)4-2;;;/h5-7,11H,3-4H2,1-2H3;2*1H2;/q;;;+3/p-3. The zero-order valence-corrected chi connectivity index (χ0v) is 10.9. The quantitative estimate of drug-likeness (QED) is 0.821. The maximum atomic E-state index is 8.91. The van der Waals surface area contributed by atoms with Gasteiger partial charge in [-0.15, -0.1) is 0 Å². The van der Waals surface area contributed by atoms with E-state index in [-0.39, 0.29) is 0 Å². The molecule has 0 saturated carbocycles. The number of aryl methyl sites for hydroxylation is 1. The first-order valence-electron chi connectivity index (χ1n) is 4.65. The molecule has 0 fully saturated rings. The Kier molecular flexibility index (Phi) is 4.73. The number of hydrogen-bond donors (Lipinski definition) is 2. The molecule has 0 spiro atoms. The molecule has 14 heavy (non-hydrogen) atoms. The van der Waals surface area contributed by atoms with Crippen LogP contribution in [0.25, 0.3) is 0 Å². The van der Waals surface area contributed by atoms with E-state index in [4.69, 9.17) is 9.79 Å². The Morgan fingerprint density at radius 3 is 2.43 bits per heavy atom. The summed E-state index contributed by atoms with van der Waals surface area (Å²) in [5, 5.41) is 0.